The van der Waals surface area contributed by atoms with Gasteiger partial charge in [0.25, 0.3) is 0 Å². The first kappa shape index (κ1) is 17.1. The van der Waals surface area contributed by atoms with Crippen molar-refractivity contribution in [2.75, 3.05) is 26.8 Å². The molecule has 2 amide bonds. The molecule has 0 unspecified atom stereocenters. The number of hydrogen-bond acceptors (Lipinski definition) is 4. The molecule has 0 aromatic heterocycles. The van der Waals surface area contributed by atoms with Crippen LogP contribution in [0.2, 0.25) is 0 Å². The maximum Gasteiger partial charge on any atom is 0.407 e. The number of carbonyl (C=O) groups is 2. The van der Waals surface area contributed by atoms with Crippen LogP contribution in [0, 0.1) is 0 Å². The minimum Gasteiger partial charge on any atom is -0.494 e. The highest BCUT2D eigenvalue weighted by molar-refractivity contribution is 5.79. The van der Waals surface area contributed by atoms with E-state index >= 15 is 0 Å². The van der Waals surface area contributed by atoms with Crippen LogP contribution in [0.4, 0.5) is 4.79 Å². The monoisotopic (exact) mass is 320 g/mol. The number of ether oxygens (including phenoxy) is 2. The SMILES string of the molecule is CCOc1ccc(CC(=O)N2CCC(NC(=O)OC)CC2)cc1. The molecule has 1 aliphatic rings. The van der Waals surface area contributed by atoms with Crippen LogP contribution >= 0.6 is 0 Å². The third kappa shape index (κ3) is 5.16. The van der Waals surface area contributed by atoms with E-state index in [0.29, 0.717) is 26.1 Å². The molecule has 1 aliphatic heterocycles. The van der Waals surface area contributed by atoms with Crippen molar-refractivity contribution in [3.8, 4) is 5.75 Å². The van der Waals surface area contributed by atoms with E-state index in [9.17, 15) is 9.59 Å². The topological polar surface area (TPSA) is 67.9 Å². The quantitative estimate of drug-likeness (QED) is 0.901. The normalized spacial score (nSPS) is 15.1. The summed E-state index contributed by atoms with van der Waals surface area (Å²) in [6.07, 6.45) is 1.49. The van der Waals surface area contributed by atoms with E-state index < -0.39 is 6.09 Å². The van der Waals surface area contributed by atoms with Crippen LogP contribution in [-0.2, 0) is 16.0 Å². The zero-order chi connectivity index (χ0) is 16.7. The standard InChI is InChI=1S/C17H24N2O4/c1-3-23-15-6-4-13(5-7-15)12-16(20)19-10-8-14(9-11-19)18-17(21)22-2/h4-7,14H,3,8-12H2,1-2H3,(H,18,21). The summed E-state index contributed by atoms with van der Waals surface area (Å²) in [5, 5.41) is 2.78. The molecule has 1 fully saturated rings. The third-order valence-electron chi connectivity index (χ3n) is 3.94. The van der Waals surface area contributed by atoms with E-state index in [4.69, 9.17) is 4.74 Å². The molecule has 1 aromatic carbocycles. The molecule has 1 saturated heterocycles. The van der Waals surface area contributed by atoms with Gasteiger partial charge in [0.2, 0.25) is 5.91 Å². The number of nitrogens with one attached hydrogen (secondary N) is 1. The second kappa shape index (κ2) is 8.41. The second-order valence-corrected chi connectivity index (χ2v) is 5.54. The van der Waals surface area contributed by atoms with Gasteiger partial charge in [-0.3, -0.25) is 4.79 Å². The Morgan fingerprint density at radius 3 is 2.43 bits per heavy atom. The van der Waals surface area contributed by atoms with E-state index in [2.05, 4.69) is 10.1 Å². The fourth-order valence-corrected chi connectivity index (χ4v) is 2.66. The van der Waals surface area contributed by atoms with Gasteiger partial charge in [-0.1, -0.05) is 12.1 Å². The van der Waals surface area contributed by atoms with E-state index in [1.807, 2.05) is 36.1 Å². The summed E-state index contributed by atoms with van der Waals surface area (Å²) >= 11 is 0. The first-order chi connectivity index (χ1) is 11.1. The average molecular weight is 320 g/mol. The smallest absolute Gasteiger partial charge is 0.407 e. The predicted octanol–water partition coefficient (Wildman–Crippen LogP) is 1.97. The molecule has 0 aliphatic carbocycles. The van der Waals surface area contributed by atoms with Gasteiger partial charge in [-0.15, -0.1) is 0 Å². The Morgan fingerprint density at radius 1 is 1.22 bits per heavy atom. The van der Waals surface area contributed by atoms with Crippen molar-refractivity contribution in [1.29, 1.82) is 0 Å². The minimum absolute atomic E-state index is 0.0805. The molecule has 1 aromatic rings. The van der Waals surface area contributed by atoms with Crippen LogP contribution in [0.1, 0.15) is 25.3 Å². The van der Waals surface area contributed by atoms with Crippen molar-refractivity contribution in [2.24, 2.45) is 0 Å². The summed E-state index contributed by atoms with van der Waals surface area (Å²) in [6.45, 7) is 3.89. The Balaban J connectivity index is 1.79. The maximum atomic E-state index is 12.3. The number of nitrogens with zero attached hydrogens (tertiary/aromatic N) is 1. The largest absolute Gasteiger partial charge is 0.494 e. The Bertz CT molecular complexity index is 522. The molecule has 23 heavy (non-hydrogen) atoms. The first-order valence-electron chi connectivity index (χ1n) is 7.96. The highest BCUT2D eigenvalue weighted by atomic mass is 16.5. The van der Waals surface area contributed by atoms with Gasteiger partial charge >= 0.3 is 6.09 Å². The van der Waals surface area contributed by atoms with Gasteiger partial charge in [-0.2, -0.15) is 0 Å². The van der Waals surface area contributed by atoms with Crippen molar-refractivity contribution in [3.05, 3.63) is 29.8 Å². The van der Waals surface area contributed by atoms with Gasteiger partial charge in [0.05, 0.1) is 20.1 Å². The number of carbonyl (C=O) groups excluding carboxylic acids is 2. The van der Waals surface area contributed by atoms with Crippen molar-refractivity contribution in [1.82, 2.24) is 10.2 Å². The fraction of sp³-hybridized carbons (Fsp3) is 0.529. The lowest BCUT2D eigenvalue weighted by Crippen LogP contribution is -2.46. The lowest BCUT2D eigenvalue weighted by molar-refractivity contribution is -0.131. The molecule has 2 rings (SSSR count). The molecular weight excluding hydrogens is 296 g/mol. The van der Waals surface area contributed by atoms with E-state index in [-0.39, 0.29) is 11.9 Å². The number of rotatable bonds is 5. The van der Waals surface area contributed by atoms with Crippen LogP contribution in [0.25, 0.3) is 0 Å². The van der Waals surface area contributed by atoms with Crippen LogP contribution in [0.5, 0.6) is 5.75 Å². The number of amides is 2. The van der Waals surface area contributed by atoms with Crippen molar-refractivity contribution in [2.45, 2.75) is 32.2 Å². The molecule has 6 nitrogen and oxygen atoms in total. The van der Waals surface area contributed by atoms with Crippen molar-refractivity contribution < 1.29 is 19.1 Å². The summed E-state index contributed by atoms with van der Waals surface area (Å²) in [5.41, 5.74) is 0.980. The third-order valence-corrected chi connectivity index (χ3v) is 3.94. The van der Waals surface area contributed by atoms with Crippen LogP contribution < -0.4 is 10.1 Å². The molecule has 1 N–H and O–H groups in total. The van der Waals surface area contributed by atoms with Gasteiger partial charge in [0.15, 0.2) is 0 Å². The summed E-state index contributed by atoms with van der Waals surface area (Å²) in [4.78, 5) is 25.4. The Hall–Kier alpha value is -2.24. The summed E-state index contributed by atoms with van der Waals surface area (Å²) in [7, 11) is 1.35. The number of benzene rings is 1. The Kier molecular flexibility index (Phi) is 6.26. The molecule has 0 spiro atoms. The Labute approximate surface area is 136 Å². The lowest BCUT2D eigenvalue weighted by Gasteiger charge is -2.32. The molecular formula is C17H24N2O4. The van der Waals surface area contributed by atoms with Gasteiger partial charge in [0, 0.05) is 19.1 Å². The number of piperidine rings is 1. The van der Waals surface area contributed by atoms with Crippen molar-refractivity contribution in [3.63, 3.8) is 0 Å². The van der Waals surface area contributed by atoms with Gasteiger partial charge in [-0.05, 0) is 37.5 Å². The Morgan fingerprint density at radius 2 is 1.87 bits per heavy atom. The molecule has 6 heteroatoms. The maximum absolute atomic E-state index is 12.3. The molecule has 0 atom stereocenters. The molecule has 126 valence electrons. The number of likely N-dealkylation sites (tertiary alicyclic amines) is 1. The van der Waals surface area contributed by atoms with Gasteiger partial charge < -0.3 is 19.7 Å². The number of alkyl carbamates (subject to hydrolysis) is 1. The molecule has 0 radical (unpaired) electrons. The second-order valence-electron chi connectivity index (χ2n) is 5.54. The van der Waals surface area contributed by atoms with Gasteiger partial charge in [0.1, 0.15) is 5.75 Å². The predicted molar refractivity (Wildman–Crippen MR) is 86.5 cm³/mol. The summed E-state index contributed by atoms with van der Waals surface area (Å²) in [5.74, 6) is 0.934. The molecule has 0 bridgehead atoms. The van der Waals surface area contributed by atoms with Gasteiger partial charge in [-0.25, -0.2) is 4.79 Å². The van der Waals surface area contributed by atoms with Crippen molar-refractivity contribution >= 4 is 12.0 Å². The highest BCUT2D eigenvalue weighted by Gasteiger charge is 2.23. The van der Waals surface area contributed by atoms with E-state index in [1.165, 1.54) is 7.11 Å². The zero-order valence-corrected chi connectivity index (χ0v) is 13.7. The summed E-state index contributed by atoms with van der Waals surface area (Å²) in [6, 6.07) is 7.71. The van der Waals surface area contributed by atoms with Crippen LogP contribution in [0.15, 0.2) is 24.3 Å². The average Bonchev–Trinajstić information content (AvgIpc) is 2.57. The lowest BCUT2D eigenvalue weighted by atomic mass is 10.0. The number of hydrogen-bond donors (Lipinski definition) is 1. The summed E-state index contributed by atoms with van der Waals surface area (Å²) < 4.78 is 9.99. The minimum atomic E-state index is -0.413. The zero-order valence-electron chi connectivity index (χ0n) is 13.7. The van der Waals surface area contributed by atoms with Crippen LogP contribution in [-0.4, -0.2) is 49.7 Å². The van der Waals surface area contributed by atoms with E-state index in [1.54, 1.807) is 0 Å². The highest BCUT2D eigenvalue weighted by Crippen LogP contribution is 2.15. The molecule has 1 heterocycles. The van der Waals surface area contributed by atoms with Crippen LogP contribution in [0.3, 0.4) is 0 Å². The number of methoxy groups -OCH3 is 1. The van der Waals surface area contributed by atoms with E-state index in [0.717, 1.165) is 24.2 Å². The first-order valence-corrected chi connectivity index (χ1v) is 7.96. The molecule has 0 saturated carbocycles. The fourth-order valence-electron chi connectivity index (χ4n) is 2.66.